The molecule has 17 heavy (non-hydrogen) atoms. The van der Waals surface area contributed by atoms with Crippen molar-refractivity contribution >= 4 is 11.6 Å². The molecule has 0 spiro atoms. The molecular weight excluding hydrogens is 234 g/mol. The molecule has 0 unspecified atom stereocenters. The Morgan fingerprint density at radius 1 is 1.24 bits per heavy atom. The van der Waals surface area contributed by atoms with E-state index in [0.29, 0.717) is 0 Å². The maximum atomic E-state index is 5.97. The van der Waals surface area contributed by atoms with Crippen molar-refractivity contribution in [1.82, 2.24) is 14.8 Å². The lowest BCUT2D eigenvalue weighted by Crippen LogP contribution is -2.22. The second-order valence-corrected chi connectivity index (χ2v) is 5.59. The van der Waals surface area contributed by atoms with Crippen molar-refractivity contribution in [3.8, 4) is 11.4 Å². The largest absolute Gasteiger partial charge is 0.308 e. The quantitative estimate of drug-likeness (QED) is 0.772. The van der Waals surface area contributed by atoms with E-state index in [9.17, 15) is 0 Å². The van der Waals surface area contributed by atoms with Crippen molar-refractivity contribution in [2.75, 3.05) is 0 Å². The zero-order chi connectivity index (χ0) is 12.6. The molecule has 0 radical (unpaired) electrons. The number of benzene rings is 1. The third-order valence-corrected chi connectivity index (χ3v) is 2.93. The van der Waals surface area contributed by atoms with Crippen LogP contribution in [0.15, 0.2) is 24.5 Å². The third kappa shape index (κ3) is 2.34. The molecule has 1 aromatic heterocycles. The first kappa shape index (κ1) is 12.1. The van der Waals surface area contributed by atoms with Gasteiger partial charge in [0, 0.05) is 16.1 Å². The smallest absolute Gasteiger partial charge is 0.164 e. The molecule has 0 aliphatic carbocycles. The van der Waals surface area contributed by atoms with Crippen molar-refractivity contribution in [3.05, 3.63) is 35.1 Å². The SMILES string of the molecule is Cc1cc(Cl)ccc1-c1nncn1C(C)(C)C. The summed E-state index contributed by atoms with van der Waals surface area (Å²) >= 11 is 5.97. The van der Waals surface area contributed by atoms with Crippen LogP contribution in [0.25, 0.3) is 11.4 Å². The Bertz CT molecular complexity index is 538. The zero-order valence-electron chi connectivity index (χ0n) is 10.5. The summed E-state index contributed by atoms with van der Waals surface area (Å²) in [6, 6.07) is 5.81. The topological polar surface area (TPSA) is 30.7 Å². The van der Waals surface area contributed by atoms with Crippen molar-refractivity contribution in [2.24, 2.45) is 0 Å². The van der Waals surface area contributed by atoms with Crippen molar-refractivity contribution in [1.29, 1.82) is 0 Å². The fourth-order valence-electron chi connectivity index (χ4n) is 1.79. The van der Waals surface area contributed by atoms with Gasteiger partial charge >= 0.3 is 0 Å². The summed E-state index contributed by atoms with van der Waals surface area (Å²) < 4.78 is 2.07. The van der Waals surface area contributed by atoms with E-state index < -0.39 is 0 Å². The molecule has 1 aromatic carbocycles. The van der Waals surface area contributed by atoms with Gasteiger partial charge in [0.2, 0.25) is 0 Å². The van der Waals surface area contributed by atoms with Crippen LogP contribution in [0.5, 0.6) is 0 Å². The Hall–Kier alpha value is -1.35. The fourth-order valence-corrected chi connectivity index (χ4v) is 2.01. The van der Waals surface area contributed by atoms with Crippen molar-refractivity contribution in [2.45, 2.75) is 33.2 Å². The Balaban J connectivity index is 2.58. The highest BCUT2D eigenvalue weighted by Gasteiger charge is 2.19. The summed E-state index contributed by atoms with van der Waals surface area (Å²) in [6.45, 7) is 8.42. The van der Waals surface area contributed by atoms with Crippen LogP contribution in [0.4, 0.5) is 0 Å². The number of aromatic nitrogens is 3. The number of halogens is 1. The predicted molar refractivity (Wildman–Crippen MR) is 70.2 cm³/mol. The molecular formula is C13H16ClN3. The molecule has 3 nitrogen and oxygen atoms in total. The highest BCUT2D eigenvalue weighted by atomic mass is 35.5. The van der Waals surface area contributed by atoms with Gasteiger partial charge in [-0.2, -0.15) is 0 Å². The summed E-state index contributed by atoms with van der Waals surface area (Å²) in [5.74, 6) is 0.881. The summed E-state index contributed by atoms with van der Waals surface area (Å²) in [5.41, 5.74) is 2.14. The van der Waals surface area contributed by atoms with Gasteiger partial charge in [0.25, 0.3) is 0 Å². The van der Waals surface area contributed by atoms with E-state index >= 15 is 0 Å². The van der Waals surface area contributed by atoms with E-state index in [1.807, 2.05) is 25.1 Å². The maximum absolute atomic E-state index is 5.97. The van der Waals surface area contributed by atoms with Gasteiger partial charge in [-0.05, 0) is 51.5 Å². The average Bonchev–Trinajstić information content (AvgIpc) is 2.65. The van der Waals surface area contributed by atoms with Crippen LogP contribution < -0.4 is 0 Å². The lowest BCUT2D eigenvalue weighted by molar-refractivity contribution is 0.399. The predicted octanol–water partition coefficient (Wildman–Crippen LogP) is 3.66. The molecule has 0 fully saturated rings. The molecule has 4 heteroatoms. The van der Waals surface area contributed by atoms with Crippen LogP contribution in [0, 0.1) is 6.92 Å². The lowest BCUT2D eigenvalue weighted by atomic mass is 10.1. The van der Waals surface area contributed by atoms with E-state index in [-0.39, 0.29) is 5.54 Å². The minimum atomic E-state index is -0.0368. The van der Waals surface area contributed by atoms with Crippen LogP contribution in [-0.2, 0) is 5.54 Å². The normalized spacial score (nSPS) is 11.8. The molecule has 90 valence electrons. The van der Waals surface area contributed by atoms with Crippen molar-refractivity contribution < 1.29 is 0 Å². The summed E-state index contributed by atoms with van der Waals surface area (Å²) in [7, 11) is 0. The first-order valence-corrected chi connectivity index (χ1v) is 5.94. The minimum absolute atomic E-state index is 0.0368. The highest BCUT2D eigenvalue weighted by molar-refractivity contribution is 6.30. The molecule has 0 aliphatic rings. The molecule has 0 amide bonds. The second kappa shape index (κ2) is 4.15. The molecule has 1 heterocycles. The number of hydrogen-bond acceptors (Lipinski definition) is 2. The fraction of sp³-hybridized carbons (Fsp3) is 0.385. The summed E-state index contributed by atoms with van der Waals surface area (Å²) in [4.78, 5) is 0. The van der Waals surface area contributed by atoms with E-state index in [1.54, 1.807) is 6.33 Å². The number of nitrogens with zero attached hydrogens (tertiary/aromatic N) is 3. The molecule has 0 aliphatic heterocycles. The van der Waals surface area contributed by atoms with E-state index in [4.69, 9.17) is 11.6 Å². The Morgan fingerprint density at radius 2 is 1.94 bits per heavy atom. The van der Waals surface area contributed by atoms with E-state index in [1.165, 1.54) is 0 Å². The van der Waals surface area contributed by atoms with Crippen LogP contribution in [0.1, 0.15) is 26.3 Å². The van der Waals surface area contributed by atoms with Crippen LogP contribution in [-0.4, -0.2) is 14.8 Å². The highest BCUT2D eigenvalue weighted by Crippen LogP contribution is 2.27. The third-order valence-electron chi connectivity index (χ3n) is 2.70. The number of aryl methyl sites for hydroxylation is 1. The Labute approximate surface area is 106 Å². The Morgan fingerprint density at radius 3 is 2.53 bits per heavy atom. The van der Waals surface area contributed by atoms with Gasteiger partial charge in [-0.25, -0.2) is 0 Å². The van der Waals surface area contributed by atoms with Crippen LogP contribution in [0.3, 0.4) is 0 Å². The number of hydrogen-bond donors (Lipinski definition) is 0. The first-order chi connectivity index (χ1) is 7.89. The molecule has 2 rings (SSSR count). The van der Waals surface area contributed by atoms with Gasteiger partial charge in [0.1, 0.15) is 6.33 Å². The van der Waals surface area contributed by atoms with Crippen molar-refractivity contribution in [3.63, 3.8) is 0 Å². The molecule has 0 N–H and O–H groups in total. The van der Waals surface area contributed by atoms with Gasteiger partial charge in [-0.1, -0.05) is 11.6 Å². The van der Waals surface area contributed by atoms with Gasteiger partial charge in [0.05, 0.1) is 0 Å². The molecule has 0 bridgehead atoms. The lowest BCUT2D eigenvalue weighted by Gasteiger charge is -2.22. The van der Waals surface area contributed by atoms with Gasteiger partial charge in [-0.3, -0.25) is 0 Å². The molecule has 2 aromatic rings. The summed E-state index contributed by atoms with van der Waals surface area (Å²) in [5, 5.41) is 8.97. The minimum Gasteiger partial charge on any atom is -0.308 e. The van der Waals surface area contributed by atoms with Gasteiger partial charge < -0.3 is 4.57 Å². The number of rotatable bonds is 1. The Kier molecular flexibility index (Phi) is 2.96. The van der Waals surface area contributed by atoms with Gasteiger partial charge in [0.15, 0.2) is 5.82 Å². The standard InChI is InChI=1S/C13H16ClN3/c1-9-7-10(14)5-6-11(9)12-16-15-8-17(12)13(2,3)4/h5-8H,1-4H3. The average molecular weight is 250 g/mol. The zero-order valence-corrected chi connectivity index (χ0v) is 11.3. The second-order valence-electron chi connectivity index (χ2n) is 5.15. The molecule has 0 saturated carbocycles. The van der Waals surface area contributed by atoms with Crippen LogP contribution in [0.2, 0.25) is 5.02 Å². The molecule has 0 atom stereocenters. The summed E-state index contributed by atoms with van der Waals surface area (Å²) in [6.07, 6.45) is 1.77. The van der Waals surface area contributed by atoms with Gasteiger partial charge in [-0.15, -0.1) is 10.2 Å². The van der Waals surface area contributed by atoms with E-state index in [2.05, 4.69) is 35.5 Å². The van der Waals surface area contributed by atoms with E-state index in [0.717, 1.165) is 22.0 Å². The monoisotopic (exact) mass is 249 g/mol. The maximum Gasteiger partial charge on any atom is 0.164 e. The first-order valence-electron chi connectivity index (χ1n) is 5.56. The van der Waals surface area contributed by atoms with Crippen LogP contribution >= 0.6 is 11.6 Å². The molecule has 0 saturated heterocycles.